The Morgan fingerprint density at radius 3 is 2.76 bits per heavy atom. The van der Waals surface area contributed by atoms with Crippen molar-refractivity contribution in [2.75, 3.05) is 0 Å². The third-order valence-corrected chi connectivity index (χ3v) is 2.75. The van der Waals surface area contributed by atoms with Gasteiger partial charge in [0.25, 0.3) is 0 Å². The molecule has 0 aliphatic carbocycles. The largest absolute Gasteiger partial charge is 0.263 e. The molecule has 0 N–H and O–H groups in total. The maximum absolute atomic E-state index is 6.05. The summed E-state index contributed by atoms with van der Waals surface area (Å²) in [5.41, 5.74) is 1.32. The van der Waals surface area contributed by atoms with Crippen molar-refractivity contribution < 1.29 is 0 Å². The van der Waals surface area contributed by atoms with Crippen molar-refractivity contribution in [3.8, 4) is 11.4 Å². The van der Waals surface area contributed by atoms with Crippen LogP contribution >= 0.6 is 23.2 Å². The predicted molar refractivity (Wildman–Crippen MR) is 64.0 cm³/mol. The molecule has 0 saturated carbocycles. The van der Waals surface area contributed by atoms with Gasteiger partial charge in [-0.05, 0) is 18.2 Å². The first-order valence-corrected chi connectivity index (χ1v) is 5.49. The van der Waals surface area contributed by atoms with E-state index >= 15 is 0 Å². The molecule has 5 nitrogen and oxygen atoms in total. The van der Waals surface area contributed by atoms with Crippen molar-refractivity contribution >= 4 is 28.8 Å². The van der Waals surface area contributed by atoms with Crippen LogP contribution in [-0.4, -0.2) is 24.8 Å². The molecule has 0 aliphatic heterocycles. The van der Waals surface area contributed by atoms with Gasteiger partial charge in [-0.25, -0.2) is 0 Å². The summed E-state index contributed by atoms with van der Waals surface area (Å²) in [5.74, 6) is 0.537. The lowest BCUT2D eigenvalue weighted by atomic mass is 10.2. The van der Waals surface area contributed by atoms with Gasteiger partial charge in [-0.1, -0.05) is 23.2 Å². The molecule has 0 aromatic carbocycles. The topological polar surface area (TPSA) is 56.0 Å². The average molecular weight is 266 g/mol. The summed E-state index contributed by atoms with van der Waals surface area (Å²) in [6, 6.07) is 5.14. The first kappa shape index (κ1) is 10.4. The van der Waals surface area contributed by atoms with Gasteiger partial charge in [-0.3, -0.25) is 4.98 Å². The number of pyridine rings is 1. The van der Waals surface area contributed by atoms with Crippen molar-refractivity contribution in [2.24, 2.45) is 0 Å². The second-order valence-corrected chi connectivity index (χ2v) is 4.10. The zero-order valence-electron chi connectivity index (χ0n) is 8.38. The Balaban J connectivity index is 2.31. The standard InChI is InChI=1S/C10H5Cl2N5/c11-7-5-13-4-3-6(7)10-15-14-9-2-1-8(12)16-17(9)10/h1-5H. The average Bonchev–Trinajstić information content (AvgIpc) is 2.72. The molecule has 3 heterocycles. The highest BCUT2D eigenvalue weighted by atomic mass is 35.5. The number of fused-ring (bicyclic) bond motifs is 1. The van der Waals surface area contributed by atoms with Gasteiger partial charge in [-0.15, -0.1) is 10.2 Å². The quantitative estimate of drug-likeness (QED) is 0.679. The summed E-state index contributed by atoms with van der Waals surface area (Å²) >= 11 is 11.9. The molecule has 84 valence electrons. The maximum atomic E-state index is 6.05. The molecule has 0 atom stereocenters. The van der Waals surface area contributed by atoms with E-state index in [1.165, 1.54) is 0 Å². The molecule has 0 amide bonds. The van der Waals surface area contributed by atoms with Gasteiger partial charge in [0.1, 0.15) is 5.15 Å². The molecule has 0 bridgehead atoms. The SMILES string of the molecule is Clc1ccc2nnc(-c3ccncc3Cl)n2n1. The minimum atomic E-state index is 0.365. The Hall–Kier alpha value is -1.72. The van der Waals surface area contributed by atoms with Gasteiger partial charge >= 0.3 is 0 Å². The molecule has 0 fully saturated rings. The number of hydrogen-bond donors (Lipinski definition) is 0. The fourth-order valence-corrected chi connectivity index (χ4v) is 1.83. The Kier molecular flexibility index (Phi) is 2.42. The van der Waals surface area contributed by atoms with E-state index in [2.05, 4.69) is 20.3 Å². The third kappa shape index (κ3) is 1.73. The first-order chi connectivity index (χ1) is 8.25. The minimum absolute atomic E-state index is 0.365. The Bertz CT molecular complexity index is 694. The number of halogens is 2. The highest BCUT2D eigenvalue weighted by molar-refractivity contribution is 6.33. The van der Waals surface area contributed by atoms with Crippen LogP contribution in [0.5, 0.6) is 0 Å². The molecule has 3 rings (SSSR count). The Morgan fingerprint density at radius 2 is 1.94 bits per heavy atom. The monoisotopic (exact) mass is 265 g/mol. The summed E-state index contributed by atoms with van der Waals surface area (Å²) in [5, 5.41) is 13.0. The second-order valence-electron chi connectivity index (χ2n) is 3.31. The molecule has 7 heteroatoms. The van der Waals surface area contributed by atoms with E-state index in [0.717, 1.165) is 0 Å². The molecule has 3 aromatic rings. The van der Waals surface area contributed by atoms with Crippen LogP contribution in [0.25, 0.3) is 17.0 Å². The molecule has 3 aromatic heterocycles. The van der Waals surface area contributed by atoms with Crippen LogP contribution in [0.3, 0.4) is 0 Å². The molecule has 0 saturated heterocycles. The van der Waals surface area contributed by atoms with Crippen LogP contribution < -0.4 is 0 Å². The van der Waals surface area contributed by atoms with Crippen LogP contribution in [-0.2, 0) is 0 Å². The van der Waals surface area contributed by atoms with Gasteiger partial charge in [0.05, 0.1) is 5.02 Å². The smallest absolute Gasteiger partial charge is 0.187 e. The Morgan fingerprint density at radius 1 is 1.06 bits per heavy atom. The fourth-order valence-electron chi connectivity index (χ4n) is 1.49. The highest BCUT2D eigenvalue weighted by Gasteiger charge is 2.12. The minimum Gasteiger partial charge on any atom is -0.263 e. The molecule has 0 radical (unpaired) electrons. The normalized spacial score (nSPS) is 10.9. The van der Waals surface area contributed by atoms with Crippen LogP contribution in [0.4, 0.5) is 0 Å². The molecule has 0 unspecified atom stereocenters. The number of rotatable bonds is 1. The lowest BCUT2D eigenvalue weighted by molar-refractivity contribution is 0.936. The zero-order valence-corrected chi connectivity index (χ0v) is 9.89. The summed E-state index contributed by atoms with van der Waals surface area (Å²) in [4.78, 5) is 3.92. The number of aromatic nitrogens is 5. The van der Waals surface area contributed by atoms with E-state index in [1.807, 2.05) is 0 Å². The molecule has 0 aliphatic rings. The van der Waals surface area contributed by atoms with E-state index in [1.54, 1.807) is 35.1 Å². The van der Waals surface area contributed by atoms with Gasteiger partial charge in [-0.2, -0.15) is 9.61 Å². The summed E-state index contributed by atoms with van der Waals surface area (Å²) in [7, 11) is 0. The number of hydrogen-bond acceptors (Lipinski definition) is 4. The predicted octanol–water partition coefficient (Wildman–Crippen LogP) is 2.49. The lowest BCUT2D eigenvalue weighted by Crippen LogP contribution is -1.95. The zero-order chi connectivity index (χ0) is 11.8. The van der Waals surface area contributed by atoms with Crippen molar-refractivity contribution in [1.29, 1.82) is 0 Å². The molecule has 0 spiro atoms. The van der Waals surface area contributed by atoms with Crippen molar-refractivity contribution in [1.82, 2.24) is 24.8 Å². The van der Waals surface area contributed by atoms with Gasteiger partial charge in [0, 0.05) is 18.0 Å². The van der Waals surface area contributed by atoms with Crippen LogP contribution in [0.15, 0.2) is 30.6 Å². The molecular formula is C10H5Cl2N5. The highest BCUT2D eigenvalue weighted by Crippen LogP contribution is 2.25. The van der Waals surface area contributed by atoms with Gasteiger partial charge < -0.3 is 0 Å². The van der Waals surface area contributed by atoms with E-state index in [0.29, 0.717) is 27.2 Å². The molecular weight excluding hydrogens is 261 g/mol. The summed E-state index contributed by atoms with van der Waals surface area (Å²) in [6.07, 6.45) is 3.18. The number of nitrogens with zero attached hydrogens (tertiary/aromatic N) is 5. The van der Waals surface area contributed by atoms with Crippen LogP contribution in [0.1, 0.15) is 0 Å². The Labute approximate surface area is 106 Å². The van der Waals surface area contributed by atoms with Crippen molar-refractivity contribution in [2.45, 2.75) is 0 Å². The fraction of sp³-hybridized carbons (Fsp3) is 0. The van der Waals surface area contributed by atoms with Crippen molar-refractivity contribution in [3.05, 3.63) is 40.8 Å². The summed E-state index contributed by atoms with van der Waals surface area (Å²) in [6.45, 7) is 0. The van der Waals surface area contributed by atoms with E-state index in [-0.39, 0.29) is 0 Å². The van der Waals surface area contributed by atoms with Crippen LogP contribution in [0.2, 0.25) is 10.2 Å². The van der Waals surface area contributed by atoms with Crippen LogP contribution in [0, 0.1) is 0 Å². The van der Waals surface area contributed by atoms with Crippen molar-refractivity contribution in [3.63, 3.8) is 0 Å². The first-order valence-electron chi connectivity index (χ1n) is 4.73. The maximum Gasteiger partial charge on any atom is 0.187 e. The van der Waals surface area contributed by atoms with E-state index in [4.69, 9.17) is 23.2 Å². The lowest BCUT2D eigenvalue weighted by Gasteiger charge is -2.00. The second kappa shape index (κ2) is 3.94. The van der Waals surface area contributed by atoms with Gasteiger partial charge in [0.2, 0.25) is 0 Å². The third-order valence-electron chi connectivity index (χ3n) is 2.24. The van der Waals surface area contributed by atoms with E-state index < -0.39 is 0 Å². The summed E-state index contributed by atoms with van der Waals surface area (Å²) < 4.78 is 1.55. The molecule has 17 heavy (non-hydrogen) atoms. The van der Waals surface area contributed by atoms with Gasteiger partial charge in [0.15, 0.2) is 11.5 Å². The van der Waals surface area contributed by atoms with E-state index in [9.17, 15) is 0 Å².